The Morgan fingerprint density at radius 2 is 1.89 bits per heavy atom. The van der Waals surface area contributed by atoms with Gasteiger partial charge in [0.25, 0.3) is 0 Å². The first-order valence-corrected chi connectivity index (χ1v) is 9.95. The zero-order valence-electron chi connectivity index (χ0n) is 16.9. The van der Waals surface area contributed by atoms with Crippen LogP contribution >= 0.6 is 0 Å². The minimum absolute atomic E-state index is 0.180. The van der Waals surface area contributed by atoms with Crippen LogP contribution in [0.3, 0.4) is 0 Å². The molecule has 1 atom stereocenters. The summed E-state index contributed by atoms with van der Waals surface area (Å²) in [6, 6.07) is 9.67. The second-order valence-corrected chi connectivity index (χ2v) is 7.52. The Balaban J connectivity index is 1.94. The fourth-order valence-corrected chi connectivity index (χ4v) is 3.71. The van der Waals surface area contributed by atoms with Gasteiger partial charge in [0.1, 0.15) is 0 Å². The predicted molar refractivity (Wildman–Crippen MR) is 110 cm³/mol. The molecule has 0 spiro atoms. The third-order valence-electron chi connectivity index (χ3n) is 5.20. The number of nitrogens with one attached hydrogen (secondary N) is 2. The van der Waals surface area contributed by atoms with Crippen molar-refractivity contribution in [1.29, 1.82) is 0 Å². The zero-order chi connectivity index (χ0) is 19.7. The highest BCUT2D eigenvalue weighted by Crippen LogP contribution is 2.39. The van der Waals surface area contributed by atoms with E-state index in [9.17, 15) is 9.90 Å². The number of amides is 1. The highest BCUT2D eigenvalue weighted by molar-refractivity contribution is 5.84. The van der Waals surface area contributed by atoms with Crippen LogP contribution in [0.1, 0.15) is 50.7 Å². The second kappa shape index (κ2) is 10.3. The topological polar surface area (TPSA) is 77.0 Å². The summed E-state index contributed by atoms with van der Waals surface area (Å²) >= 11 is 0. The Labute approximate surface area is 163 Å². The molecule has 1 aromatic carbocycles. The summed E-state index contributed by atoms with van der Waals surface area (Å²) in [6.45, 7) is 3.88. The van der Waals surface area contributed by atoms with Crippen LogP contribution in [-0.2, 0) is 4.79 Å². The smallest absolute Gasteiger partial charge is 0.230 e. The van der Waals surface area contributed by atoms with Crippen LogP contribution in [0.15, 0.2) is 35.3 Å². The van der Waals surface area contributed by atoms with Crippen LogP contribution in [0, 0.1) is 5.41 Å². The molecule has 1 aliphatic carbocycles. The lowest BCUT2D eigenvalue weighted by molar-refractivity contribution is -0.138. The van der Waals surface area contributed by atoms with Crippen molar-refractivity contribution in [2.45, 2.75) is 45.1 Å². The highest BCUT2D eigenvalue weighted by Gasteiger charge is 2.42. The molecule has 2 rings (SSSR count). The maximum Gasteiger partial charge on any atom is 0.230 e. The summed E-state index contributed by atoms with van der Waals surface area (Å²) in [5, 5.41) is 16.8. The van der Waals surface area contributed by atoms with Gasteiger partial charge in [-0.15, -0.1) is 0 Å². The van der Waals surface area contributed by atoms with Crippen molar-refractivity contribution in [3.05, 3.63) is 35.9 Å². The third kappa shape index (κ3) is 5.96. The minimum atomic E-state index is -0.502. The largest absolute Gasteiger partial charge is 0.388 e. The first kappa shape index (κ1) is 21.2. The van der Waals surface area contributed by atoms with E-state index in [4.69, 9.17) is 4.99 Å². The SMILES string of the molecule is CCNC(=NCC1(C(=O)N(C)C)CCCC1)NCCC(O)c1ccccc1. The molecule has 1 fully saturated rings. The van der Waals surface area contributed by atoms with Gasteiger partial charge < -0.3 is 20.6 Å². The van der Waals surface area contributed by atoms with Gasteiger partial charge in [-0.2, -0.15) is 0 Å². The molecule has 0 bridgehead atoms. The normalized spacial score (nSPS) is 17.4. The number of benzene rings is 1. The molecule has 6 nitrogen and oxygen atoms in total. The fourth-order valence-electron chi connectivity index (χ4n) is 3.71. The maximum atomic E-state index is 12.7. The van der Waals surface area contributed by atoms with Gasteiger partial charge in [0.2, 0.25) is 5.91 Å². The number of hydrogen-bond acceptors (Lipinski definition) is 3. The van der Waals surface area contributed by atoms with Crippen molar-refractivity contribution in [2.24, 2.45) is 10.4 Å². The Bertz CT molecular complexity index is 610. The Morgan fingerprint density at radius 1 is 1.22 bits per heavy atom. The monoisotopic (exact) mass is 374 g/mol. The number of hydrogen-bond donors (Lipinski definition) is 3. The maximum absolute atomic E-state index is 12.7. The molecule has 0 heterocycles. The quantitative estimate of drug-likeness (QED) is 0.482. The molecule has 0 aromatic heterocycles. The summed E-state index contributed by atoms with van der Waals surface area (Å²) in [4.78, 5) is 19.1. The number of guanidine groups is 1. The van der Waals surface area contributed by atoms with E-state index in [0.29, 0.717) is 25.5 Å². The first-order chi connectivity index (χ1) is 13.0. The van der Waals surface area contributed by atoms with E-state index in [0.717, 1.165) is 37.8 Å². The van der Waals surface area contributed by atoms with Crippen LogP contribution in [0.4, 0.5) is 0 Å². The van der Waals surface area contributed by atoms with Crippen molar-refractivity contribution in [3.63, 3.8) is 0 Å². The van der Waals surface area contributed by atoms with Gasteiger partial charge in [-0.05, 0) is 31.7 Å². The van der Waals surface area contributed by atoms with E-state index < -0.39 is 6.10 Å². The Hall–Kier alpha value is -2.08. The number of carbonyl (C=O) groups is 1. The molecule has 0 radical (unpaired) electrons. The van der Waals surface area contributed by atoms with E-state index in [1.807, 2.05) is 51.4 Å². The van der Waals surface area contributed by atoms with Crippen LogP contribution in [-0.4, -0.2) is 55.6 Å². The molecule has 150 valence electrons. The molecule has 0 aliphatic heterocycles. The Kier molecular flexibility index (Phi) is 8.10. The molecule has 6 heteroatoms. The summed E-state index contributed by atoms with van der Waals surface area (Å²) in [5.41, 5.74) is 0.554. The number of nitrogens with zero attached hydrogens (tertiary/aromatic N) is 2. The van der Waals surface area contributed by atoms with E-state index in [-0.39, 0.29) is 11.3 Å². The van der Waals surface area contributed by atoms with Gasteiger partial charge in [-0.25, -0.2) is 0 Å². The average molecular weight is 375 g/mol. The second-order valence-electron chi connectivity index (χ2n) is 7.52. The van der Waals surface area contributed by atoms with Gasteiger partial charge in [-0.1, -0.05) is 43.2 Å². The van der Waals surface area contributed by atoms with Gasteiger partial charge in [-0.3, -0.25) is 9.79 Å². The molecular formula is C21H34N4O2. The van der Waals surface area contributed by atoms with Crippen molar-refractivity contribution >= 4 is 11.9 Å². The van der Waals surface area contributed by atoms with E-state index in [1.54, 1.807) is 4.90 Å². The van der Waals surface area contributed by atoms with Crippen molar-refractivity contribution in [3.8, 4) is 0 Å². The van der Waals surface area contributed by atoms with Crippen LogP contribution in [0.25, 0.3) is 0 Å². The number of rotatable bonds is 8. The highest BCUT2D eigenvalue weighted by atomic mass is 16.3. The van der Waals surface area contributed by atoms with Crippen LogP contribution in [0.2, 0.25) is 0 Å². The van der Waals surface area contributed by atoms with Crippen LogP contribution < -0.4 is 10.6 Å². The summed E-state index contributed by atoms with van der Waals surface area (Å²) in [7, 11) is 3.64. The summed E-state index contributed by atoms with van der Waals surface area (Å²) < 4.78 is 0. The summed E-state index contributed by atoms with van der Waals surface area (Å²) in [6.07, 6.45) is 4.07. The molecule has 1 aromatic rings. The molecule has 1 unspecified atom stereocenters. The molecule has 3 N–H and O–H groups in total. The van der Waals surface area contributed by atoms with Gasteiger partial charge in [0.05, 0.1) is 18.1 Å². The minimum Gasteiger partial charge on any atom is -0.388 e. The molecule has 0 saturated heterocycles. The standard InChI is InChI=1S/C21H34N4O2/c1-4-22-20(23-15-12-18(26)17-10-6-5-7-11-17)24-16-21(13-8-9-14-21)19(27)25(2)3/h5-7,10-11,18,26H,4,8-9,12-16H2,1-3H3,(H2,22,23,24). The van der Waals surface area contributed by atoms with Gasteiger partial charge in [0, 0.05) is 27.2 Å². The fraction of sp³-hybridized carbons (Fsp3) is 0.619. The molecule has 27 heavy (non-hydrogen) atoms. The van der Waals surface area contributed by atoms with Gasteiger partial charge >= 0.3 is 0 Å². The summed E-state index contributed by atoms with van der Waals surface area (Å²) in [5.74, 6) is 0.884. The number of aliphatic hydroxyl groups is 1. The molecule has 1 aliphatic rings. The van der Waals surface area contributed by atoms with E-state index in [1.165, 1.54) is 0 Å². The predicted octanol–water partition coefficient (Wildman–Crippen LogP) is 2.31. The molecular weight excluding hydrogens is 340 g/mol. The van der Waals surface area contributed by atoms with E-state index >= 15 is 0 Å². The first-order valence-electron chi connectivity index (χ1n) is 9.95. The molecule has 1 amide bonds. The van der Waals surface area contributed by atoms with Crippen LogP contribution in [0.5, 0.6) is 0 Å². The van der Waals surface area contributed by atoms with Crippen molar-refractivity contribution in [1.82, 2.24) is 15.5 Å². The lowest BCUT2D eigenvalue weighted by Crippen LogP contribution is -2.43. The number of aliphatic hydroxyl groups excluding tert-OH is 1. The van der Waals surface area contributed by atoms with Crippen molar-refractivity contribution in [2.75, 3.05) is 33.7 Å². The zero-order valence-corrected chi connectivity index (χ0v) is 16.9. The van der Waals surface area contributed by atoms with E-state index in [2.05, 4.69) is 10.6 Å². The lowest BCUT2D eigenvalue weighted by atomic mass is 9.85. The number of carbonyl (C=O) groups excluding carboxylic acids is 1. The molecule has 1 saturated carbocycles. The lowest BCUT2D eigenvalue weighted by Gasteiger charge is -2.29. The van der Waals surface area contributed by atoms with Crippen molar-refractivity contribution < 1.29 is 9.90 Å². The average Bonchev–Trinajstić information content (AvgIpc) is 3.16. The van der Waals surface area contributed by atoms with Gasteiger partial charge in [0.15, 0.2) is 5.96 Å². The third-order valence-corrected chi connectivity index (χ3v) is 5.20. The number of aliphatic imine (C=N–C) groups is 1. The Morgan fingerprint density at radius 3 is 2.48 bits per heavy atom.